The largest absolute Gasteiger partial charge is 0.508 e. The Labute approximate surface area is 88.1 Å². The van der Waals surface area contributed by atoms with Gasteiger partial charge in [-0.3, -0.25) is 4.79 Å². The van der Waals surface area contributed by atoms with Crippen LogP contribution in [0.15, 0.2) is 24.3 Å². The number of piperidine rings is 1. The van der Waals surface area contributed by atoms with Crippen molar-refractivity contribution in [2.24, 2.45) is 11.3 Å². The molecule has 0 radical (unpaired) electrons. The van der Waals surface area contributed by atoms with Crippen LogP contribution in [0.4, 0.5) is 0 Å². The van der Waals surface area contributed by atoms with E-state index >= 15 is 0 Å². The highest BCUT2D eigenvalue weighted by Crippen LogP contribution is 2.57. The predicted molar refractivity (Wildman–Crippen MR) is 55.4 cm³/mol. The fourth-order valence-electron chi connectivity index (χ4n) is 2.60. The Kier molecular flexibility index (Phi) is 1.61. The fourth-order valence-corrected chi connectivity index (χ4v) is 2.60. The van der Waals surface area contributed by atoms with Gasteiger partial charge in [-0.25, -0.2) is 0 Å². The van der Waals surface area contributed by atoms with E-state index in [0.29, 0.717) is 5.75 Å². The third-order valence-corrected chi connectivity index (χ3v) is 3.66. The van der Waals surface area contributed by atoms with Crippen molar-refractivity contribution in [3.8, 4) is 5.75 Å². The molecule has 1 saturated heterocycles. The lowest BCUT2D eigenvalue weighted by Crippen LogP contribution is -2.21. The lowest BCUT2D eigenvalue weighted by molar-refractivity contribution is -0.120. The summed E-state index contributed by atoms with van der Waals surface area (Å²) in [6, 6.07) is 7.38. The molecule has 2 fully saturated rings. The molecule has 15 heavy (non-hydrogen) atoms. The van der Waals surface area contributed by atoms with Crippen LogP contribution < -0.4 is 5.32 Å². The Morgan fingerprint density at radius 1 is 1.47 bits per heavy atom. The molecule has 2 aliphatic rings. The van der Waals surface area contributed by atoms with Gasteiger partial charge in [-0.1, -0.05) is 18.2 Å². The van der Waals surface area contributed by atoms with E-state index in [1.165, 1.54) is 0 Å². The van der Waals surface area contributed by atoms with Crippen molar-refractivity contribution >= 4 is 5.91 Å². The first-order chi connectivity index (χ1) is 7.21. The molecule has 78 valence electrons. The summed E-state index contributed by atoms with van der Waals surface area (Å²) in [5.41, 5.74) is 1.06. The zero-order valence-corrected chi connectivity index (χ0v) is 8.36. The minimum Gasteiger partial charge on any atom is -0.508 e. The molecule has 0 aromatic heterocycles. The number of amides is 1. The second-order valence-electron chi connectivity index (χ2n) is 4.64. The Morgan fingerprint density at radius 3 is 2.87 bits per heavy atom. The number of aromatic hydroxyl groups is 1. The normalized spacial score (nSPS) is 32.3. The Morgan fingerprint density at radius 2 is 2.27 bits per heavy atom. The summed E-state index contributed by atoms with van der Waals surface area (Å²) in [6.45, 7) is 0.769. The van der Waals surface area contributed by atoms with E-state index in [9.17, 15) is 9.90 Å². The first-order valence-electron chi connectivity index (χ1n) is 5.26. The van der Waals surface area contributed by atoms with Gasteiger partial charge in [-0.05, 0) is 24.5 Å². The summed E-state index contributed by atoms with van der Waals surface area (Å²) < 4.78 is 0. The van der Waals surface area contributed by atoms with E-state index < -0.39 is 0 Å². The van der Waals surface area contributed by atoms with E-state index in [1.54, 1.807) is 6.07 Å². The third-order valence-electron chi connectivity index (χ3n) is 3.66. The SMILES string of the molecule is O=C1NCC2(Cc3ccccc3O)CC12. The predicted octanol–water partition coefficient (Wildman–Crippen LogP) is 1.07. The van der Waals surface area contributed by atoms with Gasteiger partial charge in [0.25, 0.3) is 0 Å². The second-order valence-corrected chi connectivity index (χ2v) is 4.64. The number of fused-ring (bicyclic) bond motifs is 1. The van der Waals surface area contributed by atoms with Crippen LogP contribution in [0.25, 0.3) is 0 Å². The van der Waals surface area contributed by atoms with Gasteiger partial charge in [0, 0.05) is 17.9 Å². The Bertz CT molecular complexity index is 429. The Hall–Kier alpha value is -1.51. The number of carbonyl (C=O) groups is 1. The van der Waals surface area contributed by atoms with Crippen molar-refractivity contribution in [2.45, 2.75) is 12.8 Å². The monoisotopic (exact) mass is 203 g/mol. The van der Waals surface area contributed by atoms with Crippen LogP contribution in [0.2, 0.25) is 0 Å². The standard InChI is InChI=1S/C12H13NO2/c14-10-4-2-1-3-8(10)5-12-6-9(12)11(15)13-7-12/h1-4,9,14H,5-7H2,(H,13,15). The minimum atomic E-state index is 0.107. The molecule has 1 saturated carbocycles. The fraction of sp³-hybridized carbons (Fsp3) is 0.417. The highest BCUT2D eigenvalue weighted by Gasteiger charge is 2.62. The van der Waals surface area contributed by atoms with Gasteiger partial charge < -0.3 is 10.4 Å². The molecular weight excluding hydrogens is 190 g/mol. The maximum Gasteiger partial charge on any atom is 0.223 e. The van der Waals surface area contributed by atoms with Crippen molar-refractivity contribution in [1.29, 1.82) is 0 Å². The number of benzene rings is 1. The van der Waals surface area contributed by atoms with Gasteiger partial charge in [0.05, 0.1) is 0 Å². The molecule has 2 atom stereocenters. The number of phenolic OH excluding ortho intramolecular Hbond substituents is 1. The maximum atomic E-state index is 11.3. The number of hydrogen-bond acceptors (Lipinski definition) is 2. The molecular formula is C12H13NO2. The molecule has 3 nitrogen and oxygen atoms in total. The topological polar surface area (TPSA) is 49.3 Å². The molecule has 1 amide bonds. The van der Waals surface area contributed by atoms with Crippen LogP contribution in [-0.4, -0.2) is 17.6 Å². The zero-order chi connectivity index (χ0) is 10.5. The van der Waals surface area contributed by atoms with Gasteiger partial charge in [0.2, 0.25) is 5.91 Å². The molecule has 3 heteroatoms. The average molecular weight is 203 g/mol. The first-order valence-corrected chi connectivity index (χ1v) is 5.26. The number of hydrogen-bond donors (Lipinski definition) is 2. The summed E-state index contributed by atoms with van der Waals surface area (Å²) in [6.07, 6.45) is 1.79. The maximum absolute atomic E-state index is 11.3. The van der Waals surface area contributed by atoms with Crippen LogP contribution in [0.3, 0.4) is 0 Å². The molecule has 1 heterocycles. The van der Waals surface area contributed by atoms with Crippen LogP contribution in [0, 0.1) is 11.3 Å². The smallest absolute Gasteiger partial charge is 0.223 e. The van der Waals surface area contributed by atoms with Crippen molar-refractivity contribution in [3.05, 3.63) is 29.8 Å². The van der Waals surface area contributed by atoms with Gasteiger partial charge >= 0.3 is 0 Å². The van der Waals surface area contributed by atoms with E-state index in [-0.39, 0.29) is 17.2 Å². The summed E-state index contributed by atoms with van der Waals surface area (Å²) in [5.74, 6) is 0.722. The minimum absolute atomic E-state index is 0.107. The van der Waals surface area contributed by atoms with Gasteiger partial charge in [0.1, 0.15) is 5.75 Å². The molecule has 2 unspecified atom stereocenters. The first kappa shape index (κ1) is 8.77. The van der Waals surface area contributed by atoms with E-state index in [1.807, 2.05) is 18.2 Å². The Balaban J connectivity index is 1.83. The summed E-state index contributed by atoms with van der Waals surface area (Å²) in [7, 11) is 0. The number of phenols is 1. The van der Waals surface area contributed by atoms with Crippen molar-refractivity contribution < 1.29 is 9.90 Å². The van der Waals surface area contributed by atoms with E-state index in [0.717, 1.165) is 24.9 Å². The van der Waals surface area contributed by atoms with Crippen LogP contribution in [-0.2, 0) is 11.2 Å². The molecule has 0 bridgehead atoms. The van der Waals surface area contributed by atoms with E-state index in [2.05, 4.69) is 5.32 Å². The molecule has 0 spiro atoms. The van der Waals surface area contributed by atoms with Crippen LogP contribution in [0.1, 0.15) is 12.0 Å². The highest BCUT2D eigenvalue weighted by atomic mass is 16.3. The summed E-state index contributed by atoms with van der Waals surface area (Å²) >= 11 is 0. The highest BCUT2D eigenvalue weighted by molar-refractivity contribution is 5.85. The number of carbonyl (C=O) groups excluding carboxylic acids is 1. The summed E-state index contributed by atoms with van der Waals surface area (Å²) in [5, 5.41) is 12.5. The van der Waals surface area contributed by atoms with Gasteiger partial charge in [0.15, 0.2) is 0 Å². The molecule has 2 N–H and O–H groups in total. The second kappa shape index (κ2) is 2.75. The average Bonchev–Trinajstić information content (AvgIpc) is 2.86. The molecule has 3 rings (SSSR count). The molecule has 1 aromatic carbocycles. The van der Waals surface area contributed by atoms with Crippen molar-refractivity contribution in [2.75, 3.05) is 6.54 Å². The number of rotatable bonds is 2. The zero-order valence-electron chi connectivity index (χ0n) is 8.36. The molecule has 1 aliphatic heterocycles. The quantitative estimate of drug-likeness (QED) is 0.755. The van der Waals surface area contributed by atoms with E-state index in [4.69, 9.17) is 0 Å². The number of para-hydroxylation sites is 1. The number of nitrogens with one attached hydrogen (secondary N) is 1. The lowest BCUT2D eigenvalue weighted by atomic mass is 9.95. The third kappa shape index (κ3) is 1.23. The van der Waals surface area contributed by atoms with Crippen LogP contribution >= 0.6 is 0 Å². The van der Waals surface area contributed by atoms with Crippen molar-refractivity contribution in [3.63, 3.8) is 0 Å². The molecule has 1 aromatic rings. The molecule has 1 aliphatic carbocycles. The summed E-state index contributed by atoms with van der Waals surface area (Å²) in [4.78, 5) is 11.3. The van der Waals surface area contributed by atoms with Crippen molar-refractivity contribution in [1.82, 2.24) is 5.32 Å². The van der Waals surface area contributed by atoms with Gasteiger partial charge in [-0.2, -0.15) is 0 Å². The van der Waals surface area contributed by atoms with Crippen LogP contribution in [0.5, 0.6) is 5.75 Å². The van der Waals surface area contributed by atoms with Gasteiger partial charge in [-0.15, -0.1) is 0 Å². The lowest BCUT2D eigenvalue weighted by Gasteiger charge is -2.11.